The lowest BCUT2D eigenvalue weighted by Gasteiger charge is -2.33. The van der Waals surface area contributed by atoms with E-state index < -0.39 is 5.60 Å². The SMILES string of the molecule is CC(C)(C)OC(=O)N1CCC(CC(=O)Nc2cccc(C(=O)N3CCCCC3)c2)CC1. The van der Waals surface area contributed by atoms with Gasteiger partial charge in [0.05, 0.1) is 0 Å². The van der Waals surface area contributed by atoms with Gasteiger partial charge in [0.25, 0.3) is 5.91 Å². The molecule has 0 radical (unpaired) electrons. The second-order valence-electron chi connectivity index (χ2n) is 9.60. The highest BCUT2D eigenvalue weighted by molar-refractivity contribution is 5.97. The number of hydrogen-bond acceptors (Lipinski definition) is 4. The average molecular weight is 430 g/mol. The lowest BCUT2D eigenvalue weighted by molar-refractivity contribution is -0.117. The summed E-state index contributed by atoms with van der Waals surface area (Å²) in [6, 6.07) is 7.20. The van der Waals surface area contributed by atoms with Gasteiger partial charge in [-0.05, 0) is 77.0 Å². The van der Waals surface area contributed by atoms with Crippen LogP contribution in [0, 0.1) is 5.92 Å². The molecule has 31 heavy (non-hydrogen) atoms. The Labute approximate surface area is 185 Å². The molecule has 0 spiro atoms. The van der Waals surface area contributed by atoms with Gasteiger partial charge in [-0.25, -0.2) is 4.79 Å². The zero-order valence-electron chi connectivity index (χ0n) is 19.0. The van der Waals surface area contributed by atoms with Crippen molar-refractivity contribution in [2.45, 2.75) is 64.9 Å². The lowest BCUT2D eigenvalue weighted by atomic mass is 9.93. The van der Waals surface area contributed by atoms with Crippen LogP contribution in [0.25, 0.3) is 0 Å². The molecule has 0 atom stereocenters. The molecular weight excluding hydrogens is 394 g/mol. The van der Waals surface area contributed by atoms with Crippen molar-refractivity contribution in [2.75, 3.05) is 31.5 Å². The average Bonchev–Trinajstić information content (AvgIpc) is 2.73. The summed E-state index contributed by atoms with van der Waals surface area (Å²) in [5.74, 6) is 0.209. The monoisotopic (exact) mass is 429 g/mol. The predicted molar refractivity (Wildman–Crippen MR) is 120 cm³/mol. The molecule has 0 aliphatic carbocycles. The van der Waals surface area contributed by atoms with Gasteiger partial charge in [-0.1, -0.05) is 6.07 Å². The number of benzene rings is 1. The van der Waals surface area contributed by atoms with E-state index in [0.29, 0.717) is 30.8 Å². The Balaban J connectivity index is 1.47. The number of anilines is 1. The second kappa shape index (κ2) is 10.2. The molecule has 0 saturated carbocycles. The highest BCUT2D eigenvalue weighted by Gasteiger charge is 2.28. The maximum Gasteiger partial charge on any atom is 0.410 e. The fourth-order valence-corrected chi connectivity index (χ4v) is 4.13. The minimum atomic E-state index is -0.502. The highest BCUT2D eigenvalue weighted by atomic mass is 16.6. The second-order valence-corrected chi connectivity index (χ2v) is 9.60. The topological polar surface area (TPSA) is 79.0 Å². The number of nitrogens with zero attached hydrogens (tertiary/aromatic N) is 2. The van der Waals surface area contributed by atoms with Gasteiger partial charge < -0.3 is 19.9 Å². The molecule has 7 heteroatoms. The van der Waals surface area contributed by atoms with Gasteiger partial charge in [0, 0.05) is 43.9 Å². The van der Waals surface area contributed by atoms with Gasteiger partial charge in [0.1, 0.15) is 5.60 Å². The molecule has 1 aromatic carbocycles. The number of hydrogen-bond donors (Lipinski definition) is 1. The molecule has 3 rings (SSSR count). The van der Waals surface area contributed by atoms with E-state index in [-0.39, 0.29) is 23.8 Å². The zero-order chi connectivity index (χ0) is 22.4. The molecule has 7 nitrogen and oxygen atoms in total. The van der Waals surface area contributed by atoms with Crippen LogP contribution in [0.3, 0.4) is 0 Å². The standard InChI is InChI=1S/C24H35N3O4/c1-24(2,3)31-23(30)27-14-10-18(11-15-27)16-21(28)25-20-9-7-8-19(17-20)22(29)26-12-5-4-6-13-26/h7-9,17-18H,4-6,10-16H2,1-3H3,(H,25,28). The van der Waals surface area contributed by atoms with Gasteiger partial charge in [0.2, 0.25) is 5.91 Å². The fraction of sp³-hybridized carbons (Fsp3) is 0.625. The van der Waals surface area contributed by atoms with Crippen molar-refractivity contribution in [2.24, 2.45) is 5.92 Å². The van der Waals surface area contributed by atoms with E-state index in [1.54, 1.807) is 17.0 Å². The molecule has 2 fully saturated rings. The number of piperidine rings is 2. The van der Waals surface area contributed by atoms with Crippen molar-refractivity contribution >= 4 is 23.6 Å². The van der Waals surface area contributed by atoms with Crippen molar-refractivity contribution in [3.8, 4) is 0 Å². The number of amides is 3. The lowest BCUT2D eigenvalue weighted by Crippen LogP contribution is -2.42. The number of carbonyl (C=O) groups excluding carboxylic acids is 3. The van der Waals surface area contributed by atoms with Gasteiger partial charge in [-0.3, -0.25) is 9.59 Å². The number of likely N-dealkylation sites (tertiary alicyclic amines) is 2. The first-order valence-corrected chi connectivity index (χ1v) is 11.4. The van der Waals surface area contributed by atoms with Crippen molar-refractivity contribution in [1.29, 1.82) is 0 Å². The third kappa shape index (κ3) is 6.97. The Bertz CT molecular complexity index is 788. The van der Waals surface area contributed by atoms with Crippen molar-refractivity contribution in [3.63, 3.8) is 0 Å². The summed E-state index contributed by atoms with van der Waals surface area (Å²) in [4.78, 5) is 41.0. The summed E-state index contributed by atoms with van der Waals surface area (Å²) in [5, 5.41) is 2.94. The van der Waals surface area contributed by atoms with E-state index in [4.69, 9.17) is 4.74 Å². The minimum absolute atomic E-state index is 0.0327. The van der Waals surface area contributed by atoms with Crippen LogP contribution in [-0.2, 0) is 9.53 Å². The summed E-state index contributed by atoms with van der Waals surface area (Å²) >= 11 is 0. The maximum absolute atomic E-state index is 12.7. The summed E-state index contributed by atoms with van der Waals surface area (Å²) in [7, 11) is 0. The van der Waals surface area contributed by atoms with E-state index in [1.807, 2.05) is 37.8 Å². The van der Waals surface area contributed by atoms with Crippen molar-refractivity contribution in [1.82, 2.24) is 9.80 Å². The third-order valence-corrected chi connectivity index (χ3v) is 5.78. The van der Waals surface area contributed by atoms with Gasteiger partial charge in [-0.15, -0.1) is 0 Å². The van der Waals surface area contributed by atoms with Crippen LogP contribution in [0.5, 0.6) is 0 Å². The smallest absolute Gasteiger partial charge is 0.410 e. The number of nitrogens with one attached hydrogen (secondary N) is 1. The van der Waals surface area contributed by atoms with E-state index in [9.17, 15) is 14.4 Å². The van der Waals surface area contributed by atoms with Crippen LogP contribution in [0.2, 0.25) is 0 Å². The van der Waals surface area contributed by atoms with Crippen LogP contribution in [0.1, 0.15) is 69.7 Å². The van der Waals surface area contributed by atoms with E-state index in [1.165, 1.54) is 6.42 Å². The van der Waals surface area contributed by atoms with E-state index >= 15 is 0 Å². The first kappa shape index (κ1) is 23.1. The summed E-state index contributed by atoms with van der Waals surface area (Å²) in [5.41, 5.74) is 0.766. The van der Waals surface area contributed by atoms with Crippen LogP contribution >= 0.6 is 0 Å². The molecule has 1 N–H and O–H groups in total. The Morgan fingerprint density at radius 3 is 2.32 bits per heavy atom. The molecule has 2 saturated heterocycles. The predicted octanol–water partition coefficient (Wildman–Crippen LogP) is 4.29. The first-order valence-electron chi connectivity index (χ1n) is 11.4. The Morgan fingerprint density at radius 2 is 1.68 bits per heavy atom. The molecule has 2 aliphatic rings. The number of rotatable bonds is 4. The van der Waals surface area contributed by atoms with Crippen molar-refractivity contribution < 1.29 is 19.1 Å². The molecule has 0 aromatic heterocycles. The van der Waals surface area contributed by atoms with E-state index in [2.05, 4.69) is 5.32 Å². The summed E-state index contributed by atoms with van der Waals surface area (Å²) in [6.45, 7) is 8.39. The molecule has 2 heterocycles. The molecule has 1 aromatic rings. The summed E-state index contributed by atoms with van der Waals surface area (Å²) < 4.78 is 5.42. The quantitative estimate of drug-likeness (QED) is 0.774. The Morgan fingerprint density at radius 1 is 1.00 bits per heavy atom. The first-order chi connectivity index (χ1) is 14.7. The van der Waals surface area contributed by atoms with E-state index in [0.717, 1.165) is 38.8 Å². The van der Waals surface area contributed by atoms with Crippen LogP contribution in [0.15, 0.2) is 24.3 Å². The Hall–Kier alpha value is -2.57. The number of ether oxygens (including phenoxy) is 1. The fourth-order valence-electron chi connectivity index (χ4n) is 4.13. The number of carbonyl (C=O) groups is 3. The maximum atomic E-state index is 12.7. The molecule has 0 unspecified atom stereocenters. The molecule has 0 bridgehead atoms. The molecule has 170 valence electrons. The summed E-state index contributed by atoms with van der Waals surface area (Å²) in [6.07, 6.45) is 4.96. The van der Waals surface area contributed by atoms with Crippen molar-refractivity contribution in [3.05, 3.63) is 29.8 Å². The molecule has 2 aliphatic heterocycles. The third-order valence-electron chi connectivity index (χ3n) is 5.78. The Kier molecular flexibility index (Phi) is 7.57. The molecular formula is C24H35N3O4. The van der Waals surface area contributed by atoms with Crippen LogP contribution in [0.4, 0.5) is 10.5 Å². The minimum Gasteiger partial charge on any atom is -0.444 e. The van der Waals surface area contributed by atoms with Gasteiger partial charge in [-0.2, -0.15) is 0 Å². The van der Waals surface area contributed by atoms with Gasteiger partial charge in [0.15, 0.2) is 0 Å². The zero-order valence-corrected chi connectivity index (χ0v) is 19.0. The van der Waals surface area contributed by atoms with Crippen LogP contribution < -0.4 is 5.32 Å². The largest absolute Gasteiger partial charge is 0.444 e. The highest BCUT2D eigenvalue weighted by Crippen LogP contribution is 2.23. The van der Waals surface area contributed by atoms with Crippen LogP contribution in [-0.4, -0.2) is 59.5 Å². The molecule has 3 amide bonds. The normalized spacial score (nSPS) is 17.9. The van der Waals surface area contributed by atoms with Gasteiger partial charge >= 0.3 is 6.09 Å².